The predicted molar refractivity (Wildman–Crippen MR) is 84.5 cm³/mol. The van der Waals surface area contributed by atoms with Crippen molar-refractivity contribution in [1.82, 2.24) is 9.78 Å². The topological polar surface area (TPSA) is 87.3 Å². The first-order valence-corrected chi connectivity index (χ1v) is 7.23. The van der Waals surface area contributed by atoms with Gasteiger partial charge in [-0.1, -0.05) is 18.2 Å². The van der Waals surface area contributed by atoms with Crippen LogP contribution in [0.5, 0.6) is 5.75 Å². The maximum absolute atomic E-state index is 12.5. The zero-order chi connectivity index (χ0) is 17.0. The van der Waals surface area contributed by atoms with Crippen LogP contribution < -0.4 is 4.74 Å². The van der Waals surface area contributed by atoms with Gasteiger partial charge in [0.15, 0.2) is 0 Å². The van der Waals surface area contributed by atoms with Gasteiger partial charge in [0.25, 0.3) is 0 Å². The molecular formula is C16H19N3O4. The van der Waals surface area contributed by atoms with Crippen LogP contribution in [0.3, 0.4) is 0 Å². The van der Waals surface area contributed by atoms with Gasteiger partial charge in [-0.05, 0) is 26.0 Å². The minimum atomic E-state index is -0.572. The highest BCUT2D eigenvalue weighted by Crippen LogP contribution is 2.29. The molecule has 0 aliphatic rings. The summed E-state index contributed by atoms with van der Waals surface area (Å²) in [7, 11) is 1.50. The number of hydrogen-bond acceptors (Lipinski definition) is 5. The number of rotatable bonds is 6. The van der Waals surface area contributed by atoms with Crippen molar-refractivity contribution < 1.29 is 14.5 Å². The summed E-state index contributed by atoms with van der Waals surface area (Å²) in [5.41, 5.74) is 2.10. The monoisotopic (exact) mass is 317 g/mol. The summed E-state index contributed by atoms with van der Waals surface area (Å²) in [4.78, 5) is 23.1. The maximum atomic E-state index is 12.5. The van der Waals surface area contributed by atoms with E-state index in [0.717, 1.165) is 5.69 Å². The molecule has 1 heterocycles. The van der Waals surface area contributed by atoms with Crippen LogP contribution in [0, 0.1) is 24.0 Å². The van der Waals surface area contributed by atoms with E-state index in [-0.39, 0.29) is 18.9 Å². The number of benzene rings is 1. The fraction of sp³-hybridized carbons (Fsp3) is 0.375. The zero-order valence-corrected chi connectivity index (χ0v) is 13.4. The molecule has 0 amide bonds. The van der Waals surface area contributed by atoms with Gasteiger partial charge in [-0.25, -0.2) is 4.68 Å². The van der Waals surface area contributed by atoms with E-state index in [9.17, 15) is 14.9 Å². The first kappa shape index (κ1) is 16.7. The molecule has 1 aromatic carbocycles. The molecule has 1 aromatic heterocycles. The van der Waals surface area contributed by atoms with Gasteiger partial charge >= 0.3 is 0 Å². The van der Waals surface area contributed by atoms with E-state index in [1.54, 1.807) is 44.2 Å². The minimum absolute atomic E-state index is 0.0106. The highest BCUT2D eigenvalue weighted by atomic mass is 16.6. The van der Waals surface area contributed by atoms with Crippen molar-refractivity contribution in [3.05, 3.63) is 57.4 Å². The second-order valence-electron chi connectivity index (χ2n) is 5.39. The van der Waals surface area contributed by atoms with Crippen molar-refractivity contribution in [3.8, 4) is 5.75 Å². The van der Waals surface area contributed by atoms with Crippen molar-refractivity contribution in [2.24, 2.45) is 0 Å². The Morgan fingerprint density at radius 1 is 1.39 bits per heavy atom. The van der Waals surface area contributed by atoms with Crippen molar-refractivity contribution in [2.75, 3.05) is 13.7 Å². The molecule has 7 heteroatoms. The lowest BCUT2D eigenvalue weighted by molar-refractivity contribution is -0.483. The van der Waals surface area contributed by atoms with Gasteiger partial charge in [0.1, 0.15) is 5.75 Å². The Morgan fingerprint density at radius 2 is 2.09 bits per heavy atom. The quantitative estimate of drug-likeness (QED) is 0.603. The van der Waals surface area contributed by atoms with E-state index in [1.807, 2.05) is 0 Å². The summed E-state index contributed by atoms with van der Waals surface area (Å²) in [5, 5.41) is 15.1. The molecule has 2 aromatic rings. The lowest BCUT2D eigenvalue weighted by Crippen LogP contribution is -2.22. The van der Waals surface area contributed by atoms with Gasteiger partial charge in [-0.15, -0.1) is 0 Å². The molecule has 0 aliphatic heterocycles. The normalized spacial score (nSPS) is 12.0. The van der Waals surface area contributed by atoms with Crippen LogP contribution in [0.15, 0.2) is 30.3 Å². The van der Waals surface area contributed by atoms with Gasteiger partial charge in [-0.2, -0.15) is 5.10 Å². The second-order valence-corrected chi connectivity index (χ2v) is 5.39. The molecule has 0 N–H and O–H groups in total. The molecule has 2 rings (SSSR count). The van der Waals surface area contributed by atoms with Gasteiger partial charge in [-0.3, -0.25) is 14.9 Å². The Labute approximate surface area is 134 Å². The van der Waals surface area contributed by atoms with Gasteiger partial charge in [0.2, 0.25) is 12.5 Å². The van der Waals surface area contributed by atoms with Gasteiger partial charge in [0.05, 0.1) is 18.7 Å². The third kappa shape index (κ3) is 3.94. The average molecular weight is 317 g/mol. The van der Waals surface area contributed by atoms with Crippen LogP contribution in [-0.4, -0.2) is 34.3 Å². The van der Waals surface area contributed by atoms with Gasteiger partial charge < -0.3 is 4.74 Å². The number of methoxy groups -OCH3 is 1. The molecule has 23 heavy (non-hydrogen) atoms. The smallest absolute Gasteiger partial charge is 0.247 e. The van der Waals surface area contributed by atoms with Gasteiger partial charge in [0, 0.05) is 22.6 Å². The summed E-state index contributed by atoms with van der Waals surface area (Å²) in [6.45, 7) is 3.24. The minimum Gasteiger partial charge on any atom is -0.496 e. The molecule has 0 saturated carbocycles. The molecule has 1 unspecified atom stereocenters. The first-order chi connectivity index (χ1) is 10.9. The molecule has 0 saturated heterocycles. The maximum Gasteiger partial charge on any atom is 0.247 e. The van der Waals surface area contributed by atoms with Crippen molar-refractivity contribution in [1.29, 1.82) is 0 Å². The summed E-state index contributed by atoms with van der Waals surface area (Å²) < 4.78 is 6.57. The summed E-state index contributed by atoms with van der Waals surface area (Å²) >= 11 is 0. The predicted octanol–water partition coefficient (Wildman–Crippen LogP) is 2.60. The van der Waals surface area contributed by atoms with Crippen LogP contribution in [0.25, 0.3) is 0 Å². The number of carbonyl (C=O) groups excluding carboxylic acids is 1. The molecule has 1 atom stereocenters. The van der Waals surface area contributed by atoms with Crippen LogP contribution >= 0.6 is 0 Å². The van der Waals surface area contributed by atoms with E-state index in [4.69, 9.17) is 4.74 Å². The van der Waals surface area contributed by atoms with Crippen LogP contribution in [0.2, 0.25) is 0 Å². The lowest BCUT2D eigenvalue weighted by Gasteiger charge is -2.16. The second kappa shape index (κ2) is 7.04. The number of aromatic nitrogens is 2. The fourth-order valence-corrected chi connectivity index (χ4v) is 2.64. The summed E-state index contributed by atoms with van der Waals surface area (Å²) in [6, 6.07) is 8.84. The van der Waals surface area contributed by atoms with Crippen LogP contribution in [-0.2, 0) is 0 Å². The van der Waals surface area contributed by atoms with E-state index < -0.39 is 10.8 Å². The van der Waals surface area contributed by atoms with Crippen molar-refractivity contribution in [2.45, 2.75) is 26.2 Å². The molecule has 122 valence electrons. The third-order valence-electron chi connectivity index (χ3n) is 3.62. The Hall–Kier alpha value is -2.70. The van der Waals surface area contributed by atoms with Crippen molar-refractivity contribution in [3.63, 3.8) is 0 Å². The molecule has 0 fully saturated rings. The van der Waals surface area contributed by atoms with E-state index in [0.29, 0.717) is 17.0 Å². The zero-order valence-electron chi connectivity index (χ0n) is 13.4. The van der Waals surface area contributed by atoms with E-state index in [2.05, 4.69) is 5.10 Å². The number of nitro groups is 1. The number of nitrogens with zero attached hydrogens (tertiary/aromatic N) is 3. The standard InChI is InChI=1S/C16H19N3O4/c1-11-8-12(2)19(17-11)16(20)9-13(10-18(21)22)14-6-4-5-7-15(14)23-3/h4-8,13H,9-10H2,1-3H3. The number of hydrogen-bond donors (Lipinski definition) is 0. The van der Waals surface area contributed by atoms with Crippen LogP contribution in [0.4, 0.5) is 0 Å². The molecule has 0 bridgehead atoms. The Bertz CT molecular complexity index is 724. The molecule has 7 nitrogen and oxygen atoms in total. The molecular weight excluding hydrogens is 298 g/mol. The van der Waals surface area contributed by atoms with E-state index >= 15 is 0 Å². The highest BCUT2D eigenvalue weighted by Gasteiger charge is 2.26. The molecule has 0 radical (unpaired) electrons. The molecule has 0 aliphatic carbocycles. The summed E-state index contributed by atoms with van der Waals surface area (Å²) in [5.74, 6) is -0.300. The SMILES string of the molecule is COc1ccccc1C(CC(=O)n1nc(C)cc1C)C[N+](=O)[O-]. The largest absolute Gasteiger partial charge is 0.496 e. The Morgan fingerprint density at radius 3 is 2.65 bits per heavy atom. The number of aryl methyl sites for hydroxylation is 2. The van der Waals surface area contributed by atoms with Crippen LogP contribution in [0.1, 0.15) is 34.1 Å². The number of ether oxygens (including phenoxy) is 1. The fourth-order valence-electron chi connectivity index (χ4n) is 2.64. The lowest BCUT2D eigenvalue weighted by atomic mass is 9.94. The number of para-hydroxylation sites is 1. The van der Waals surface area contributed by atoms with E-state index in [1.165, 1.54) is 11.8 Å². The Kier molecular flexibility index (Phi) is 5.10. The Balaban J connectivity index is 2.30. The highest BCUT2D eigenvalue weighted by molar-refractivity contribution is 5.79. The summed E-state index contributed by atoms with van der Waals surface area (Å²) in [6.07, 6.45) is -0.0106. The number of carbonyl (C=O) groups is 1. The first-order valence-electron chi connectivity index (χ1n) is 7.23. The van der Waals surface area contributed by atoms with Crippen molar-refractivity contribution >= 4 is 5.91 Å². The third-order valence-corrected chi connectivity index (χ3v) is 3.62. The average Bonchev–Trinajstić information content (AvgIpc) is 2.84. The molecule has 0 spiro atoms.